The first-order valence-electron chi connectivity index (χ1n) is 9.05. The van der Waals surface area contributed by atoms with Gasteiger partial charge in [-0.05, 0) is 18.2 Å². The molecule has 0 spiro atoms. The normalized spacial score (nSPS) is 16.4. The number of hydrogen-bond acceptors (Lipinski definition) is 4. The van der Waals surface area contributed by atoms with Gasteiger partial charge in [0.1, 0.15) is 5.82 Å². The van der Waals surface area contributed by atoms with Crippen molar-refractivity contribution in [3.63, 3.8) is 0 Å². The van der Waals surface area contributed by atoms with E-state index in [1.54, 1.807) is 29.3 Å². The third kappa shape index (κ3) is 6.00. The highest BCUT2D eigenvalue weighted by atomic mass is 35.5. The molecule has 0 bridgehead atoms. The highest BCUT2D eigenvalue weighted by molar-refractivity contribution is 5.88. The summed E-state index contributed by atoms with van der Waals surface area (Å²) >= 11 is 0. The number of benzene rings is 1. The van der Waals surface area contributed by atoms with Crippen molar-refractivity contribution in [2.75, 3.05) is 19.6 Å². The second-order valence-electron chi connectivity index (χ2n) is 6.48. The van der Waals surface area contributed by atoms with Crippen LogP contribution in [-0.4, -0.2) is 47.4 Å². The summed E-state index contributed by atoms with van der Waals surface area (Å²) in [5.41, 5.74) is 1.38. The number of rotatable bonds is 7. The van der Waals surface area contributed by atoms with Gasteiger partial charge in [0.2, 0.25) is 11.8 Å². The van der Waals surface area contributed by atoms with Gasteiger partial charge in [0.15, 0.2) is 0 Å². The molecule has 1 aliphatic heterocycles. The Hall–Kier alpha value is -2.51. The molecule has 1 atom stereocenters. The maximum Gasteiger partial charge on any atom is 0.240 e. The van der Waals surface area contributed by atoms with Crippen LogP contribution in [0.15, 0.2) is 48.7 Å². The van der Waals surface area contributed by atoms with Gasteiger partial charge in [-0.3, -0.25) is 14.6 Å². The van der Waals surface area contributed by atoms with Crippen LogP contribution in [0.25, 0.3) is 0 Å². The maximum absolute atomic E-state index is 13.8. The number of carbonyl (C=O) groups is 2. The Labute approximate surface area is 169 Å². The lowest BCUT2D eigenvalue weighted by atomic mass is 10.1. The summed E-state index contributed by atoms with van der Waals surface area (Å²) in [4.78, 5) is 30.6. The molecule has 0 radical (unpaired) electrons. The van der Waals surface area contributed by atoms with Crippen LogP contribution in [0.1, 0.15) is 17.7 Å². The van der Waals surface area contributed by atoms with E-state index in [0.717, 1.165) is 5.69 Å². The minimum atomic E-state index is -0.583. The zero-order valence-corrected chi connectivity index (χ0v) is 16.3. The van der Waals surface area contributed by atoms with Gasteiger partial charge in [0, 0.05) is 50.1 Å². The van der Waals surface area contributed by atoms with Gasteiger partial charge in [-0.25, -0.2) is 4.39 Å². The van der Waals surface area contributed by atoms with Crippen LogP contribution in [0.5, 0.6) is 0 Å². The second-order valence-corrected chi connectivity index (χ2v) is 6.48. The van der Waals surface area contributed by atoms with E-state index >= 15 is 0 Å². The third-order valence-electron chi connectivity index (χ3n) is 4.52. The molecule has 2 aromatic rings. The standard InChI is InChI=1S/C20H23FN4O2.ClH/c21-17-7-2-1-5-15(17)14-25-12-11-23-18(20(25)27)13-19(26)24-10-8-16-6-3-4-9-22-16;/h1-7,9,18,23H,8,10-14H2,(H,24,26);1H. The fourth-order valence-electron chi connectivity index (χ4n) is 3.07. The minimum absolute atomic E-state index is 0. The third-order valence-corrected chi connectivity index (χ3v) is 4.52. The van der Waals surface area contributed by atoms with Crippen LogP contribution < -0.4 is 10.6 Å². The number of hydrogen-bond donors (Lipinski definition) is 2. The van der Waals surface area contributed by atoms with Gasteiger partial charge in [-0.2, -0.15) is 0 Å². The predicted molar refractivity (Wildman–Crippen MR) is 106 cm³/mol. The van der Waals surface area contributed by atoms with Crippen LogP contribution in [0.4, 0.5) is 4.39 Å². The number of halogens is 2. The Bertz CT molecular complexity index is 791. The number of piperazine rings is 1. The monoisotopic (exact) mass is 406 g/mol. The highest BCUT2D eigenvalue weighted by Gasteiger charge is 2.30. The smallest absolute Gasteiger partial charge is 0.240 e. The molecule has 2 amide bonds. The van der Waals surface area contributed by atoms with Crippen LogP contribution in [0.2, 0.25) is 0 Å². The van der Waals surface area contributed by atoms with Crippen molar-refractivity contribution in [3.05, 3.63) is 65.7 Å². The molecule has 28 heavy (non-hydrogen) atoms. The van der Waals surface area contributed by atoms with E-state index < -0.39 is 6.04 Å². The SMILES string of the molecule is Cl.O=C(CC1NCCN(Cc2ccccc2F)C1=O)NCCc1ccccn1. The van der Waals surface area contributed by atoms with E-state index in [0.29, 0.717) is 31.6 Å². The first-order chi connectivity index (χ1) is 13.1. The summed E-state index contributed by atoms with van der Waals surface area (Å²) in [6, 6.07) is 11.5. The van der Waals surface area contributed by atoms with Gasteiger partial charge in [0.25, 0.3) is 0 Å². The molecule has 3 rings (SSSR count). The molecule has 0 aliphatic carbocycles. The zero-order valence-electron chi connectivity index (χ0n) is 15.4. The molecule has 0 saturated carbocycles. The van der Waals surface area contributed by atoms with E-state index in [9.17, 15) is 14.0 Å². The van der Waals surface area contributed by atoms with Gasteiger partial charge in [0.05, 0.1) is 12.5 Å². The predicted octanol–water partition coefficient (Wildman–Crippen LogP) is 1.69. The average molecular weight is 407 g/mol. The molecule has 1 fully saturated rings. The summed E-state index contributed by atoms with van der Waals surface area (Å²) in [6.45, 7) is 1.75. The summed E-state index contributed by atoms with van der Waals surface area (Å²) in [5.74, 6) is -0.693. The van der Waals surface area contributed by atoms with Crippen molar-refractivity contribution in [3.8, 4) is 0 Å². The first-order valence-corrected chi connectivity index (χ1v) is 9.05. The topological polar surface area (TPSA) is 74.3 Å². The largest absolute Gasteiger partial charge is 0.356 e. The lowest BCUT2D eigenvalue weighted by Gasteiger charge is -2.33. The van der Waals surface area contributed by atoms with Crippen molar-refractivity contribution < 1.29 is 14.0 Å². The van der Waals surface area contributed by atoms with Crippen molar-refractivity contribution in [2.24, 2.45) is 0 Å². The second kappa shape index (κ2) is 10.7. The summed E-state index contributed by atoms with van der Waals surface area (Å²) < 4.78 is 13.8. The van der Waals surface area contributed by atoms with Crippen molar-refractivity contribution in [2.45, 2.75) is 25.4 Å². The summed E-state index contributed by atoms with van der Waals surface area (Å²) in [7, 11) is 0. The first kappa shape index (κ1) is 21.8. The summed E-state index contributed by atoms with van der Waals surface area (Å²) in [6.07, 6.45) is 2.42. The van der Waals surface area contributed by atoms with Gasteiger partial charge in [-0.15, -0.1) is 12.4 Å². The number of carbonyl (C=O) groups excluding carboxylic acids is 2. The minimum Gasteiger partial charge on any atom is -0.356 e. The molecule has 1 aliphatic rings. The molecule has 8 heteroatoms. The lowest BCUT2D eigenvalue weighted by molar-refractivity contribution is -0.138. The molecular formula is C20H24ClFN4O2. The lowest BCUT2D eigenvalue weighted by Crippen LogP contribution is -2.55. The molecule has 1 aromatic carbocycles. The fraction of sp³-hybridized carbons (Fsp3) is 0.350. The quantitative estimate of drug-likeness (QED) is 0.733. The zero-order chi connectivity index (χ0) is 19.1. The van der Waals surface area contributed by atoms with Gasteiger partial charge >= 0.3 is 0 Å². The number of nitrogens with one attached hydrogen (secondary N) is 2. The van der Waals surface area contributed by atoms with Gasteiger partial charge in [-0.1, -0.05) is 24.3 Å². The van der Waals surface area contributed by atoms with Crippen LogP contribution >= 0.6 is 12.4 Å². The summed E-state index contributed by atoms with van der Waals surface area (Å²) in [5, 5.41) is 5.90. The molecule has 2 N–H and O–H groups in total. The Morgan fingerprint density at radius 2 is 2.04 bits per heavy atom. The Balaban J connectivity index is 0.00000280. The number of aromatic nitrogens is 1. The Morgan fingerprint density at radius 1 is 1.25 bits per heavy atom. The van der Waals surface area contributed by atoms with E-state index in [1.165, 1.54) is 6.07 Å². The molecule has 150 valence electrons. The molecule has 1 unspecified atom stereocenters. The average Bonchev–Trinajstić information content (AvgIpc) is 2.67. The van der Waals surface area contributed by atoms with Crippen LogP contribution in [-0.2, 0) is 22.6 Å². The number of pyridine rings is 1. The van der Waals surface area contributed by atoms with Crippen molar-refractivity contribution in [1.29, 1.82) is 0 Å². The van der Waals surface area contributed by atoms with E-state index in [1.807, 2.05) is 18.2 Å². The highest BCUT2D eigenvalue weighted by Crippen LogP contribution is 2.13. The maximum atomic E-state index is 13.8. The van der Waals surface area contributed by atoms with Gasteiger partial charge < -0.3 is 15.5 Å². The van der Waals surface area contributed by atoms with Crippen LogP contribution in [0.3, 0.4) is 0 Å². The number of amides is 2. The number of nitrogens with zero attached hydrogens (tertiary/aromatic N) is 2. The van der Waals surface area contributed by atoms with E-state index in [-0.39, 0.29) is 43.0 Å². The van der Waals surface area contributed by atoms with E-state index in [2.05, 4.69) is 15.6 Å². The van der Waals surface area contributed by atoms with Crippen molar-refractivity contribution in [1.82, 2.24) is 20.5 Å². The Kier molecular flexibility index (Phi) is 8.35. The molecule has 1 aromatic heterocycles. The molecule has 2 heterocycles. The van der Waals surface area contributed by atoms with E-state index in [4.69, 9.17) is 0 Å². The molecule has 6 nitrogen and oxygen atoms in total. The van der Waals surface area contributed by atoms with Crippen LogP contribution in [0, 0.1) is 5.82 Å². The Morgan fingerprint density at radius 3 is 2.79 bits per heavy atom. The fourth-order valence-corrected chi connectivity index (χ4v) is 3.07. The molecule has 1 saturated heterocycles. The molecular weight excluding hydrogens is 383 g/mol. The van der Waals surface area contributed by atoms with Crippen molar-refractivity contribution >= 4 is 24.2 Å².